The summed E-state index contributed by atoms with van der Waals surface area (Å²) in [6, 6.07) is 0. The number of hydrogen-bond donors (Lipinski definition) is 19. The van der Waals surface area contributed by atoms with E-state index in [4.69, 9.17) is 56.8 Å². The van der Waals surface area contributed by atoms with Gasteiger partial charge in [-0.1, -0.05) is 19.9 Å². The minimum atomic E-state index is -2.07. The van der Waals surface area contributed by atoms with Crippen LogP contribution in [0.15, 0.2) is 12.2 Å². The largest absolute Gasteiger partial charge is 0.432 e. The van der Waals surface area contributed by atoms with Crippen molar-refractivity contribution in [2.45, 2.75) is 268 Å². The van der Waals surface area contributed by atoms with Crippen molar-refractivity contribution in [1.82, 2.24) is 0 Å². The molecule has 4 saturated carbocycles. The number of carbonyl (C=O) groups is 1. The first-order valence-electron chi connectivity index (χ1n) is 30.3. The van der Waals surface area contributed by atoms with Gasteiger partial charge in [0.15, 0.2) is 37.6 Å². The Morgan fingerprint density at radius 2 is 0.841 bits per heavy atom. The van der Waals surface area contributed by atoms with E-state index in [1.54, 1.807) is 6.92 Å². The number of carbonyl (C=O) groups excluding carboxylic acids is 1. The van der Waals surface area contributed by atoms with E-state index in [-0.39, 0.29) is 18.8 Å². The van der Waals surface area contributed by atoms with Crippen molar-refractivity contribution < 1.29 is 159 Å². The van der Waals surface area contributed by atoms with Gasteiger partial charge in [0, 0.05) is 0 Å². The zero-order chi connectivity index (χ0) is 64.0. The second-order valence-electron chi connectivity index (χ2n) is 26.4. The maximum atomic E-state index is 15.4. The van der Waals surface area contributed by atoms with Gasteiger partial charge in [-0.15, -0.1) is 0 Å². The van der Waals surface area contributed by atoms with Gasteiger partial charge in [-0.3, -0.25) is 4.79 Å². The van der Waals surface area contributed by atoms with Crippen LogP contribution in [0, 0.1) is 28.1 Å². The summed E-state index contributed by atoms with van der Waals surface area (Å²) in [5.74, 6) is -1.38. The fraction of sp³-hybridized carbons (Fsp3) is 0.946. The molecule has 506 valence electrons. The van der Waals surface area contributed by atoms with Crippen molar-refractivity contribution in [1.29, 1.82) is 0 Å². The van der Waals surface area contributed by atoms with E-state index in [0.717, 1.165) is 0 Å². The molecule has 10 rings (SSSR count). The average molecular weight is 1280 g/mol. The van der Waals surface area contributed by atoms with Gasteiger partial charge in [0.25, 0.3) is 0 Å². The Bertz CT molecular complexity index is 2380. The maximum absolute atomic E-state index is 15.4. The Hall–Kier alpha value is -1.99. The smallest absolute Gasteiger partial charge is 0.314 e. The lowest BCUT2D eigenvalue weighted by atomic mass is 9.41. The zero-order valence-electron chi connectivity index (χ0n) is 48.9. The number of hydrogen-bond acceptors (Lipinski definition) is 32. The molecule has 10 fully saturated rings. The van der Waals surface area contributed by atoms with Crippen molar-refractivity contribution in [3.8, 4) is 0 Å². The molecule has 6 aliphatic heterocycles. The molecule has 36 atom stereocenters. The quantitative estimate of drug-likeness (QED) is 0.0365. The second-order valence-corrected chi connectivity index (χ2v) is 26.4. The predicted molar refractivity (Wildman–Crippen MR) is 283 cm³/mol. The van der Waals surface area contributed by atoms with Gasteiger partial charge < -0.3 is 154 Å². The molecular formula is C56H90O32. The average Bonchev–Trinajstić information content (AvgIpc) is 0.951. The van der Waals surface area contributed by atoms with Gasteiger partial charge in [0.05, 0.1) is 50.2 Å². The van der Waals surface area contributed by atoms with Crippen molar-refractivity contribution in [2.24, 2.45) is 28.1 Å². The van der Waals surface area contributed by atoms with E-state index in [2.05, 4.69) is 13.5 Å². The summed E-state index contributed by atoms with van der Waals surface area (Å²) in [6.07, 6.45) is -50.1. The summed E-state index contributed by atoms with van der Waals surface area (Å²) in [5, 5.41) is 205. The lowest BCUT2D eigenvalue weighted by molar-refractivity contribution is -0.398. The molecule has 0 radical (unpaired) electrons. The van der Waals surface area contributed by atoms with Gasteiger partial charge in [-0.25, -0.2) is 0 Å². The van der Waals surface area contributed by atoms with Crippen LogP contribution in [-0.4, -0.2) is 326 Å². The van der Waals surface area contributed by atoms with Crippen molar-refractivity contribution in [3.05, 3.63) is 12.2 Å². The third kappa shape index (κ3) is 12.0. The first kappa shape index (κ1) is 68.9. The number of fused-ring (bicyclic) bond motifs is 3. The van der Waals surface area contributed by atoms with Crippen LogP contribution >= 0.6 is 0 Å². The molecule has 3 unspecified atom stereocenters. The first-order valence-corrected chi connectivity index (χ1v) is 30.3. The third-order valence-electron chi connectivity index (χ3n) is 21.3. The van der Waals surface area contributed by atoms with Gasteiger partial charge in [-0.2, -0.15) is 0 Å². The highest BCUT2D eigenvalue weighted by Gasteiger charge is 2.70. The molecule has 0 aromatic rings. The highest BCUT2D eigenvalue weighted by molar-refractivity contribution is 5.77. The summed E-state index contributed by atoms with van der Waals surface area (Å²) in [5.41, 5.74) is -3.10. The molecule has 0 aromatic heterocycles. The van der Waals surface area contributed by atoms with E-state index in [1.807, 2.05) is 0 Å². The molecule has 88 heavy (non-hydrogen) atoms. The minimum Gasteiger partial charge on any atom is -0.432 e. The molecule has 0 amide bonds. The summed E-state index contributed by atoms with van der Waals surface area (Å²) in [7, 11) is 0. The molecule has 6 saturated heterocycles. The monoisotopic (exact) mass is 1270 g/mol. The number of ether oxygens (including phenoxy) is 12. The van der Waals surface area contributed by atoms with Crippen molar-refractivity contribution >= 4 is 5.97 Å². The van der Waals surface area contributed by atoms with Crippen LogP contribution in [0.1, 0.15) is 78.6 Å². The lowest BCUT2D eigenvalue weighted by Crippen LogP contribution is -2.68. The van der Waals surface area contributed by atoms with Crippen LogP contribution in [0.5, 0.6) is 0 Å². The van der Waals surface area contributed by atoms with Crippen LogP contribution < -0.4 is 0 Å². The minimum absolute atomic E-state index is 0.130. The van der Waals surface area contributed by atoms with Crippen LogP contribution in [0.3, 0.4) is 0 Å². The van der Waals surface area contributed by atoms with Crippen LogP contribution in [0.4, 0.5) is 0 Å². The summed E-state index contributed by atoms with van der Waals surface area (Å²) in [6.45, 7) is 5.42. The Morgan fingerprint density at radius 3 is 1.31 bits per heavy atom. The Balaban J connectivity index is 0.919. The molecule has 32 nitrogen and oxygen atoms in total. The van der Waals surface area contributed by atoms with E-state index >= 15 is 4.79 Å². The van der Waals surface area contributed by atoms with E-state index in [0.29, 0.717) is 50.5 Å². The van der Waals surface area contributed by atoms with Crippen LogP contribution in [-0.2, 0) is 61.6 Å². The summed E-state index contributed by atoms with van der Waals surface area (Å²) >= 11 is 0. The van der Waals surface area contributed by atoms with E-state index in [9.17, 15) is 97.0 Å². The highest BCUT2D eigenvalue weighted by atomic mass is 16.8. The number of aliphatic hydroxyl groups excluding tert-OH is 19. The normalized spacial score (nSPS) is 55.0. The van der Waals surface area contributed by atoms with E-state index in [1.165, 1.54) is 6.92 Å². The first-order chi connectivity index (χ1) is 41.6. The Morgan fingerprint density at radius 1 is 0.455 bits per heavy atom. The summed E-state index contributed by atoms with van der Waals surface area (Å²) in [4.78, 5) is 15.4. The molecule has 1 spiro atoms. The molecule has 19 N–H and O–H groups in total. The molecule has 10 aliphatic rings. The fourth-order valence-electron chi connectivity index (χ4n) is 16.4. The predicted octanol–water partition coefficient (Wildman–Crippen LogP) is -8.44. The molecule has 0 aromatic carbocycles. The topological polar surface area (TPSA) is 512 Å². The standard InChI is InChI=1S/C56H90O32/c1-19-12-55-10-6-26-53(3,27(55)7-11-56(19,18-55)88-51-45(86-46-38(72)34(68)28(62)20(2)77-46)43(33(67)25(17-61)82-51)84-48-40(74)36(70)30(64)22(14-58)79-48)8-5-9-54(26,4)52(76)87-50-44(85-49-41(75)37(71)31(65)23(15-59)80-49)42(32(66)24(16-60)81-50)83-47-39(73)35(69)29(63)21(13-57)78-47/h20-51,57-75H,1,5-18H2,2-4H3/t20-,21-,22-,23-,24-,25-,26?,27+,28-,29+,30-,31-,32-,33-,34+,35+,36+,37+,38-,39-,40-,41-,42+,43+,44-,45-,46+,47+,48+,49+,50+,51+,53-,54-,55?,56?/m1/s1. The molecule has 4 aliphatic carbocycles. The number of rotatable bonds is 17. The van der Waals surface area contributed by atoms with Gasteiger partial charge in [-0.05, 0) is 93.5 Å². The SMILES string of the molecule is C=C1CC23CCC4[C@](C)(C(=O)O[C@@H]5O[C@H](CO)[C@@H](O)[C@H](O[C@@H]6O[C@H](CO)[C@H](O)[C@H](O)[C@H]6O)[C@H]5O[C@@H]5O[C@H](CO)[C@@H](O)[C@H](O)[C@H]5O)CCC[C@@]4(C)[C@@H]2CCC1(O[C@@H]1O[C@H](CO)[C@@H](O)[C@H](O[C@@H]2O[C@H](CO)[C@@H](O)[C@H](O)[C@H]2O)[C@H]1O[C@@H]1O[C@H](C)[C@@H](O)[C@H](O)[C@H]1O)C3. The molecule has 32 heteroatoms. The van der Waals surface area contributed by atoms with Gasteiger partial charge in [0.2, 0.25) is 6.29 Å². The van der Waals surface area contributed by atoms with Crippen molar-refractivity contribution in [2.75, 3.05) is 33.0 Å². The van der Waals surface area contributed by atoms with Crippen LogP contribution in [0.2, 0.25) is 0 Å². The Kier molecular flexibility index (Phi) is 20.9. The van der Waals surface area contributed by atoms with Gasteiger partial charge >= 0.3 is 5.97 Å². The Labute approximate surface area is 505 Å². The van der Waals surface area contributed by atoms with Crippen LogP contribution in [0.25, 0.3) is 0 Å². The third-order valence-corrected chi connectivity index (χ3v) is 21.3. The van der Waals surface area contributed by atoms with Gasteiger partial charge in [0.1, 0.15) is 134 Å². The summed E-state index contributed by atoms with van der Waals surface area (Å²) < 4.78 is 73.2. The molecular weight excluding hydrogens is 1180 g/mol. The van der Waals surface area contributed by atoms with E-state index < -0.39 is 251 Å². The second kappa shape index (κ2) is 26.7. The maximum Gasteiger partial charge on any atom is 0.314 e. The highest BCUT2D eigenvalue weighted by Crippen LogP contribution is 2.74. The molecule has 6 heterocycles. The van der Waals surface area contributed by atoms with Crippen molar-refractivity contribution in [3.63, 3.8) is 0 Å². The lowest BCUT2D eigenvalue weighted by Gasteiger charge is -2.64. The fourth-order valence-corrected chi connectivity index (χ4v) is 16.4. The number of aliphatic hydroxyl groups is 19. The zero-order valence-corrected chi connectivity index (χ0v) is 48.9. The number of esters is 1. The molecule has 2 bridgehead atoms.